The molecule has 0 aliphatic rings. The van der Waals surface area contributed by atoms with Gasteiger partial charge in [-0.1, -0.05) is 15.9 Å². The molecule has 1 amide bonds. The largest absolute Gasteiger partial charge is 0.326 e. The van der Waals surface area contributed by atoms with Crippen LogP contribution in [0.1, 0.15) is 23.4 Å². The second kappa shape index (κ2) is 6.22. The first kappa shape index (κ1) is 14.8. The zero-order chi connectivity index (χ0) is 14.7. The predicted octanol–water partition coefficient (Wildman–Crippen LogP) is 3.60. The molecule has 4 nitrogen and oxygen atoms in total. The van der Waals surface area contributed by atoms with Gasteiger partial charge in [0.15, 0.2) is 0 Å². The van der Waals surface area contributed by atoms with Crippen LogP contribution >= 0.6 is 15.9 Å². The fraction of sp³-hybridized carbons (Fsp3) is 0.333. The number of nitrogens with zero attached hydrogens (tertiary/aromatic N) is 2. The highest BCUT2D eigenvalue weighted by molar-refractivity contribution is 9.10. The summed E-state index contributed by atoms with van der Waals surface area (Å²) in [5, 5.41) is 7.25. The molecule has 0 atom stereocenters. The van der Waals surface area contributed by atoms with Gasteiger partial charge < -0.3 is 5.32 Å². The summed E-state index contributed by atoms with van der Waals surface area (Å²) in [6.07, 6.45) is 0.414. The lowest BCUT2D eigenvalue weighted by Gasteiger charge is -2.08. The number of rotatable bonds is 4. The van der Waals surface area contributed by atoms with E-state index in [1.807, 2.05) is 49.7 Å². The molecule has 5 heteroatoms. The summed E-state index contributed by atoms with van der Waals surface area (Å²) >= 11 is 3.44. The summed E-state index contributed by atoms with van der Waals surface area (Å²) in [5.41, 5.74) is 3.98. The number of aromatic nitrogens is 2. The third-order valence-corrected chi connectivity index (χ3v) is 3.99. The van der Waals surface area contributed by atoms with Gasteiger partial charge in [-0.05, 0) is 50.6 Å². The van der Waals surface area contributed by atoms with E-state index in [1.54, 1.807) is 0 Å². The van der Waals surface area contributed by atoms with Crippen LogP contribution in [0.3, 0.4) is 0 Å². The van der Waals surface area contributed by atoms with Gasteiger partial charge in [-0.2, -0.15) is 5.10 Å². The molecule has 0 saturated heterocycles. The molecule has 0 fully saturated rings. The Morgan fingerprint density at radius 2 is 2.05 bits per heavy atom. The molecular weight excluding hydrogens is 318 g/mol. The Hall–Kier alpha value is -1.62. The van der Waals surface area contributed by atoms with Crippen LogP contribution in [0.4, 0.5) is 5.69 Å². The number of nitrogens with one attached hydrogen (secondary N) is 1. The average molecular weight is 336 g/mol. The van der Waals surface area contributed by atoms with Crippen molar-refractivity contribution in [2.24, 2.45) is 0 Å². The van der Waals surface area contributed by atoms with Gasteiger partial charge in [0, 0.05) is 28.8 Å². The molecular formula is C15H18BrN3O. The molecule has 0 aliphatic carbocycles. The Balaban J connectivity index is 1.92. The van der Waals surface area contributed by atoms with Crippen LogP contribution in [-0.4, -0.2) is 15.7 Å². The minimum atomic E-state index is -0.000671. The highest BCUT2D eigenvalue weighted by Crippen LogP contribution is 2.20. The molecule has 0 radical (unpaired) electrons. The Labute approximate surface area is 127 Å². The zero-order valence-corrected chi connectivity index (χ0v) is 13.5. The number of halogens is 1. The first-order valence-corrected chi connectivity index (χ1v) is 7.32. The number of hydrogen-bond acceptors (Lipinski definition) is 2. The summed E-state index contributed by atoms with van der Waals surface area (Å²) in [5.74, 6) is -0.000671. The fourth-order valence-corrected chi connectivity index (χ4v) is 2.30. The van der Waals surface area contributed by atoms with E-state index < -0.39 is 0 Å². The summed E-state index contributed by atoms with van der Waals surface area (Å²) < 4.78 is 2.90. The van der Waals surface area contributed by atoms with Crippen molar-refractivity contribution in [1.29, 1.82) is 0 Å². The van der Waals surface area contributed by atoms with Crippen molar-refractivity contribution >= 4 is 27.5 Å². The van der Waals surface area contributed by atoms with Gasteiger partial charge in [-0.15, -0.1) is 0 Å². The first-order valence-electron chi connectivity index (χ1n) is 6.53. The quantitative estimate of drug-likeness (QED) is 0.927. The van der Waals surface area contributed by atoms with Crippen molar-refractivity contribution < 1.29 is 4.79 Å². The van der Waals surface area contributed by atoms with Crippen LogP contribution in [0.5, 0.6) is 0 Å². The molecule has 2 aromatic rings. The molecule has 20 heavy (non-hydrogen) atoms. The minimum Gasteiger partial charge on any atom is -0.326 e. The van der Waals surface area contributed by atoms with Crippen molar-refractivity contribution in [3.8, 4) is 0 Å². The van der Waals surface area contributed by atoms with E-state index >= 15 is 0 Å². The second-order valence-electron chi connectivity index (χ2n) is 4.91. The molecule has 0 unspecified atom stereocenters. The van der Waals surface area contributed by atoms with Gasteiger partial charge in [0.05, 0.1) is 5.69 Å². The maximum Gasteiger partial charge on any atom is 0.226 e. The maximum atomic E-state index is 11.9. The zero-order valence-electron chi connectivity index (χ0n) is 11.9. The SMILES string of the molecule is Cc1cc(C)n(CCC(=O)Nc2ccc(Br)c(C)c2)n1. The number of aryl methyl sites for hydroxylation is 4. The number of carbonyl (C=O) groups is 1. The summed E-state index contributed by atoms with van der Waals surface area (Å²) in [6, 6.07) is 7.78. The van der Waals surface area contributed by atoms with Gasteiger partial charge in [0.1, 0.15) is 0 Å². The maximum absolute atomic E-state index is 11.9. The minimum absolute atomic E-state index is 0.000671. The number of amides is 1. The number of anilines is 1. The lowest BCUT2D eigenvalue weighted by Crippen LogP contribution is -2.15. The molecule has 0 aliphatic heterocycles. The highest BCUT2D eigenvalue weighted by atomic mass is 79.9. The lowest BCUT2D eigenvalue weighted by atomic mass is 10.2. The van der Waals surface area contributed by atoms with Crippen LogP contribution in [-0.2, 0) is 11.3 Å². The molecule has 1 aromatic heterocycles. The molecule has 0 bridgehead atoms. The van der Waals surface area contributed by atoms with Crippen molar-refractivity contribution in [3.05, 3.63) is 45.7 Å². The summed E-state index contributed by atoms with van der Waals surface area (Å²) in [6.45, 7) is 6.54. The molecule has 106 valence electrons. The third kappa shape index (κ3) is 3.70. The molecule has 0 saturated carbocycles. The smallest absolute Gasteiger partial charge is 0.226 e. The highest BCUT2D eigenvalue weighted by Gasteiger charge is 2.06. The van der Waals surface area contributed by atoms with E-state index in [0.717, 1.165) is 27.1 Å². The molecule has 0 spiro atoms. The van der Waals surface area contributed by atoms with Crippen LogP contribution in [0, 0.1) is 20.8 Å². The van der Waals surface area contributed by atoms with E-state index in [1.165, 1.54) is 0 Å². The normalized spacial score (nSPS) is 10.6. The van der Waals surface area contributed by atoms with Crippen molar-refractivity contribution in [3.63, 3.8) is 0 Å². The van der Waals surface area contributed by atoms with Gasteiger partial charge in [-0.3, -0.25) is 9.48 Å². The Bertz CT molecular complexity index is 634. The number of benzene rings is 1. The summed E-state index contributed by atoms with van der Waals surface area (Å²) in [4.78, 5) is 11.9. The van der Waals surface area contributed by atoms with Crippen molar-refractivity contribution in [2.75, 3.05) is 5.32 Å². The average Bonchev–Trinajstić information content (AvgIpc) is 2.70. The van der Waals surface area contributed by atoms with Crippen LogP contribution in [0.2, 0.25) is 0 Å². The van der Waals surface area contributed by atoms with Crippen LogP contribution < -0.4 is 5.32 Å². The van der Waals surface area contributed by atoms with E-state index in [-0.39, 0.29) is 5.91 Å². The van der Waals surface area contributed by atoms with E-state index in [9.17, 15) is 4.79 Å². The van der Waals surface area contributed by atoms with Gasteiger partial charge in [0.25, 0.3) is 0 Å². The first-order chi connectivity index (χ1) is 9.45. The van der Waals surface area contributed by atoms with Gasteiger partial charge in [0.2, 0.25) is 5.91 Å². The molecule has 1 N–H and O–H groups in total. The van der Waals surface area contributed by atoms with Crippen LogP contribution in [0.15, 0.2) is 28.7 Å². The number of hydrogen-bond donors (Lipinski definition) is 1. The lowest BCUT2D eigenvalue weighted by molar-refractivity contribution is -0.116. The molecule has 2 rings (SSSR count). The van der Waals surface area contributed by atoms with Gasteiger partial charge in [-0.25, -0.2) is 0 Å². The fourth-order valence-electron chi connectivity index (χ4n) is 2.05. The predicted molar refractivity (Wildman–Crippen MR) is 83.8 cm³/mol. The third-order valence-electron chi connectivity index (χ3n) is 3.10. The van der Waals surface area contributed by atoms with Crippen molar-refractivity contribution in [1.82, 2.24) is 9.78 Å². The standard InChI is InChI=1S/C15H18BrN3O/c1-10-8-13(4-5-14(10)16)17-15(20)6-7-19-12(3)9-11(2)18-19/h4-5,8-9H,6-7H2,1-3H3,(H,17,20). The van der Waals surface area contributed by atoms with E-state index in [2.05, 4.69) is 26.3 Å². The molecule has 1 aromatic carbocycles. The Morgan fingerprint density at radius 1 is 1.30 bits per heavy atom. The van der Waals surface area contributed by atoms with E-state index in [0.29, 0.717) is 13.0 Å². The monoisotopic (exact) mass is 335 g/mol. The van der Waals surface area contributed by atoms with Crippen LogP contribution in [0.25, 0.3) is 0 Å². The van der Waals surface area contributed by atoms with Crippen molar-refractivity contribution in [2.45, 2.75) is 33.7 Å². The Kier molecular flexibility index (Phi) is 4.60. The van der Waals surface area contributed by atoms with Gasteiger partial charge >= 0.3 is 0 Å². The Morgan fingerprint density at radius 3 is 2.65 bits per heavy atom. The molecule has 1 heterocycles. The number of carbonyl (C=O) groups excluding carboxylic acids is 1. The second-order valence-corrected chi connectivity index (χ2v) is 5.77. The topological polar surface area (TPSA) is 46.9 Å². The summed E-state index contributed by atoms with van der Waals surface area (Å²) in [7, 11) is 0. The van der Waals surface area contributed by atoms with E-state index in [4.69, 9.17) is 0 Å².